The lowest BCUT2D eigenvalue weighted by Crippen LogP contribution is -2.34. The fourth-order valence-corrected chi connectivity index (χ4v) is 1.90. The summed E-state index contributed by atoms with van der Waals surface area (Å²) in [5.74, 6) is -0.590. The van der Waals surface area contributed by atoms with Gasteiger partial charge in [-0.25, -0.2) is 9.18 Å². The van der Waals surface area contributed by atoms with Gasteiger partial charge in [-0.1, -0.05) is 6.07 Å². The molecule has 2 aromatic rings. The predicted octanol–water partition coefficient (Wildman–Crippen LogP) is 1.16. The molecule has 0 spiro atoms. The second kappa shape index (κ2) is 3.04. The van der Waals surface area contributed by atoms with Crippen LogP contribution in [0.3, 0.4) is 0 Å². The topological polar surface area (TPSA) is 54.9 Å². The van der Waals surface area contributed by atoms with Crippen molar-refractivity contribution in [1.82, 2.24) is 9.55 Å². The number of H-pyrrole nitrogens is 1. The molecule has 1 fully saturated rings. The van der Waals surface area contributed by atoms with E-state index in [0.717, 1.165) is 17.4 Å². The van der Waals surface area contributed by atoms with Crippen LogP contribution in [0.1, 0.15) is 18.9 Å². The number of halogens is 1. The molecule has 1 N–H and O–H groups in total. The van der Waals surface area contributed by atoms with E-state index in [4.69, 9.17) is 0 Å². The molecule has 0 bridgehead atoms. The van der Waals surface area contributed by atoms with E-state index in [9.17, 15) is 14.0 Å². The lowest BCUT2D eigenvalue weighted by molar-refractivity contribution is 0.625. The van der Waals surface area contributed by atoms with E-state index in [0.29, 0.717) is 0 Å². The summed E-state index contributed by atoms with van der Waals surface area (Å²) in [6.07, 6.45) is 1.62. The Balaban J connectivity index is 2.50. The van der Waals surface area contributed by atoms with Gasteiger partial charge >= 0.3 is 5.69 Å². The first kappa shape index (κ1) is 9.33. The summed E-state index contributed by atoms with van der Waals surface area (Å²) >= 11 is 0. The van der Waals surface area contributed by atoms with Crippen LogP contribution >= 0.6 is 0 Å². The Hall–Kier alpha value is -1.91. The molecule has 4 nitrogen and oxygen atoms in total. The zero-order chi connectivity index (χ0) is 11.3. The van der Waals surface area contributed by atoms with Crippen LogP contribution in [0.2, 0.25) is 0 Å². The van der Waals surface area contributed by atoms with Crippen LogP contribution in [-0.2, 0) is 0 Å². The zero-order valence-electron chi connectivity index (χ0n) is 8.37. The van der Waals surface area contributed by atoms with Crippen LogP contribution in [0.25, 0.3) is 10.9 Å². The van der Waals surface area contributed by atoms with E-state index in [1.165, 1.54) is 18.2 Å². The van der Waals surface area contributed by atoms with E-state index in [1.54, 1.807) is 0 Å². The van der Waals surface area contributed by atoms with Crippen molar-refractivity contribution in [3.8, 4) is 0 Å². The van der Waals surface area contributed by atoms with Crippen LogP contribution < -0.4 is 11.2 Å². The maximum atomic E-state index is 13.5. The van der Waals surface area contributed by atoms with Gasteiger partial charge in [0, 0.05) is 6.04 Å². The monoisotopic (exact) mass is 220 g/mol. The standard InChI is InChI=1S/C11H9FN2O2/c12-7-2-1-3-8-9(7)10(15)14(6-4-5-6)11(16)13-8/h1-3,6H,4-5H2,(H,13,16). The molecule has 82 valence electrons. The maximum Gasteiger partial charge on any atom is 0.329 e. The average molecular weight is 220 g/mol. The molecule has 0 aliphatic heterocycles. The zero-order valence-corrected chi connectivity index (χ0v) is 8.37. The highest BCUT2D eigenvalue weighted by atomic mass is 19.1. The smallest absolute Gasteiger partial charge is 0.307 e. The second-order valence-electron chi connectivity index (χ2n) is 4.00. The van der Waals surface area contributed by atoms with Crippen molar-refractivity contribution in [3.05, 3.63) is 44.9 Å². The van der Waals surface area contributed by atoms with E-state index in [2.05, 4.69) is 4.98 Å². The highest BCUT2D eigenvalue weighted by Gasteiger charge is 2.27. The van der Waals surface area contributed by atoms with Gasteiger partial charge in [0.25, 0.3) is 5.56 Å². The molecule has 1 aromatic carbocycles. The largest absolute Gasteiger partial charge is 0.329 e. The minimum Gasteiger partial charge on any atom is -0.307 e. The molecule has 0 radical (unpaired) electrons. The number of nitrogens with zero attached hydrogens (tertiary/aromatic N) is 1. The average Bonchev–Trinajstić information content (AvgIpc) is 3.01. The summed E-state index contributed by atoms with van der Waals surface area (Å²) in [5.41, 5.74) is -0.725. The van der Waals surface area contributed by atoms with Gasteiger partial charge in [-0.3, -0.25) is 9.36 Å². The molecular formula is C11H9FN2O2. The molecule has 16 heavy (non-hydrogen) atoms. The van der Waals surface area contributed by atoms with Gasteiger partial charge in [0.1, 0.15) is 5.82 Å². The van der Waals surface area contributed by atoms with Gasteiger partial charge in [-0.15, -0.1) is 0 Å². The fraction of sp³-hybridized carbons (Fsp3) is 0.273. The van der Waals surface area contributed by atoms with Crippen LogP contribution in [0.5, 0.6) is 0 Å². The molecule has 0 unspecified atom stereocenters. The van der Waals surface area contributed by atoms with Crippen LogP contribution in [-0.4, -0.2) is 9.55 Å². The molecule has 1 aliphatic rings. The normalized spacial score (nSPS) is 15.6. The Kier molecular flexibility index (Phi) is 1.77. The van der Waals surface area contributed by atoms with Crippen molar-refractivity contribution in [2.45, 2.75) is 18.9 Å². The summed E-state index contributed by atoms with van der Waals surface area (Å²) in [6, 6.07) is 4.16. The van der Waals surface area contributed by atoms with Gasteiger partial charge in [-0.05, 0) is 25.0 Å². The van der Waals surface area contributed by atoms with Crippen LogP contribution in [0.15, 0.2) is 27.8 Å². The highest BCUT2D eigenvalue weighted by Crippen LogP contribution is 2.32. The lowest BCUT2D eigenvalue weighted by Gasteiger charge is -2.04. The first-order valence-electron chi connectivity index (χ1n) is 5.11. The number of aromatic amines is 1. The van der Waals surface area contributed by atoms with Gasteiger partial charge in [-0.2, -0.15) is 0 Å². The van der Waals surface area contributed by atoms with Gasteiger partial charge < -0.3 is 4.98 Å². The molecule has 0 saturated heterocycles. The number of hydrogen-bond donors (Lipinski definition) is 1. The molecule has 1 aliphatic carbocycles. The maximum absolute atomic E-state index is 13.5. The number of benzene rings is 1. The summed E-state index contributed by atoms with van der Waals surface area (Å²) in [6.45, 7) is 0. The second-order valence-corrected chi connectivity index (χ2v) is 4.00. The van der Waals surface area contributed by atoms with Gasteiger partial charge in [0.2, 0.25) is 0 Å². The summed E-state index contributed by atoms with van der Waals surface area (Å²) in [7, 11) is 0. The SMILES string of the molecule is O=c1[nH]c2cccc(F)c2c(=O)n1C1CC1. The number of hydrogen-bond acceptors (Lipinski definition) is 2. The number of nitrogens with one attached hydrogen (secondary N) is 1. The van der Waals surface area contributed by atoms with Crippen molar-refractivity contribution in [2.24, 2.45) is 0 Å². The van der Waals surface area contributed by atoms with E-state index in [1.807, 2.05) is 0 Å². The van der Waals surface area contributed by atoms with Crippen molar-refractivity contribution in [3.63, 3.8) is 0 Å². The minimum absolute atomic E-state index is 0.0333. The molecule has 1 saturated carbocycles. The predicted molar refractivity (Wildman–Crippen MR) is 57.1 cm³/mol. The highest BCUT2D eigenvalue weighted by molar-refractivity contribution is 5.77. The third-order valence-corrected chi connectivity index (χ3v) is 2.82. The molecular weight excluding hydrogens is 211 g/mol. The van der Waals surface area contributed by atoms with E-state index in [-0.39, 0.29) is 16.9 Å². The van der Waals surface area contributed by atoms with Crippen molar-refractivity contribution >= 4 is 10.9 Å². The first-order chi connectivity index (χ1) is 7.68. The molecule has 0 atom stereocenters. The third kappa shape index (κ3) is 1.21. The summed E-state index contributed by atoms with van der Waals surface area (Å²) < 4.78 is 14.6. The first-order valence-corrected chi connectivity index (χ1v) is 5.11. The van der Waals surface area contributed by atoms with Crippen molar-refractivity contribution in [2.75, 3.05) is 0 Å². The minimum atomic E-state index is -0.590. The molecule has 5 heteroatoms. The molecule has 1 aromatic heterocycles. The lowest BCUT2D eigenvalue weighted by atomic mass is 10.2. The van der Waals surface area contributed by atoms with Crippen LogP contribution in [0.4, 0.5) is 4.39 Å². The van der Waals surface area contributed by atoms with E-state index < -0.39 is 17.1 Å². The number of fused-ring (bicyclic) bond motifs is 1. The Morgan fingerprint density at radius 1 is 1.31 bits per heavy atom. The molecule has 0 amide bonds. The van der Waals surface area contributed by atoms with Crippen molar-refractivity contribution < 1.29 is 4.39 Å². The summed E-state index contributed by atoms with van der Waals surface area (Å²) in [4.78, 5) is 26.1. The van der Waals surface area contributed by atoms with Crippen LogP contribution in [0, 0.1) is 5.82 Å². The summed E-state index contributed by atoms with van der Waals surface area (Å²) in [5, 5.41) is -0.0333. The number of rotatable bonds is 1. The Bertz CT molecular complexity index is 682. The van der Waals surface area contributed by atoms with Crippen molar-refractivity contribution in [1.29, 1.82) is 0 Å². The quantitative estimate of drug-likeness (QED) is 0.784. The fourth-order valence-electron chi connectivity index (χ4n) is 1.90. The Morgan fingerprint density at radius 3 is 2.75 bits per heavy atom. The molecule has 3 rings (SSSR count). The molecule has 1 heterocycles. The number of aromatic nitrogens is 2. The Labute approximate surface area is 89.3 Å². The van der Waals surface area contributed by atoms with E-state index >= 15 is 0 Å². The van der Waals surface area contributed by atoms with Gasteiger partial charge in [0.15, 0.2) is 0 Å². The Morgan fingerprint density at radius 2 is 2.06 bits per heavy atom. The van der Waals surface area contributed by atoms with Gasteiger partial charge in [0.05, 0.1) is 10.9 Å². The third-order valence-electron chi connectivity index (χ3n) is 2.82.